The van der Waals surface area contributed by atoms with E-state index < -0.39 is 0 Å². The van der Waals surface area contributed by atoms with Crippen LogP contribution in [0.1, 0.15) is 18.4 Å². The molecular weight excluding hydrogens is 359 g/mol. The lowest BCUT2D eigenvalue weighted by molar-refractivity contribution is -0.125. The third-order valence-corrected chi connectivity index (χ3v) is 5.15. The molecule has 1 fully saturated rings. The van der Waals surface area contributed by atoms with Gasteiger partial charge in [0.2, 0.25) is 11.9 Å². The van der Waals surface area contributed by atoms with E-state index in [9.17, 15) is 9.18 Å². The fourth-order valence-corrected chi connectivity index (χ4v) is 3.57. The lowest BCUT2D eigenvalue weighted by Gasteiger charge is -2.31. The number of hydrogen-bond donors (Lipinski definition) is 2. The maximum Gasteiger partial charge on any atom is 0.225 e. The van der Waals surface area contributed by atoms with Crippen molar-refractivity contribution in [3.63, 3.8) is 0 Å². The molecule has 0 spiro atoms. The van der Waals surface area contributed by atoms with Gasteiger partial charge in [-0.1, -0.05) is 12.1 Å². The molecule has 7 heteroatoms. The molecule has 1 unspecified atom stereocenters. The Kier molecular flexibility index (Phi) is 5.14. The molecule has 1 atom stereocenters. The van der Waals surface area contributed by atoms with Gasteiger partial charge in [-0.3, -0.25) is 4.79 Å². The zero-order valence-electron chi connectivity index (χ0n) is 15.7. The number of carbonyl (C=O) groups excluding carboxylic acids is 1. The summed E-state index contributed by atoms with van der Waals surface area (Å²) in [6, 6.07) is 11.9. The highest BCUT2D eigenvalue weighted by atomic mass is 19.1. The average molecular weight is 382 g/mol. The maximum atomic E-state index is 13.0. The van der Waals surface area contributed by atoms with E-state index in [0.29, 0.717) is 13.1 Å². The van der Waals surface area contributed by atoms with Crippen molar-refractivity contribution in [1.82, 2.24) is 15.3 Å². The average Bonchev–Trinajstić information content (AvgIpc) is 3.16. The van der Waals surface area contributed by atoms with Crippen LogP contribution in [0.5, 0.6) is 5.75 Å². The lowest BCUT2D eigenvalue weighted by atomic mass is 9.97. The van der Waals surface area contributed by atoms with E-state index in [2.05, 4.69) is 20.2 Å². The monoisotopic (exact) mass is 382 g/mol. The van der Waals surface area contributed by atoms with Crippen LogP contribution in [-0.2, 0) is 11.3 Å². The number of methoxy groups -OCH3 is 1. The fraction of sp³-hybridized carbons (Fsp3) is 0.333. The van der Waals surface area contributed by atoms with Gasteiger partial charge in [-0.2, -0.15) is 0 Å². The van der Waals surface area contributed by atoms with Crippen molar-refractivity contribution in [1.29, 1.82) is 0 Å². The molecule has 2 heterocycles. The Morgan fingerprint density at radius 2 is 2.14 bits per heavy atom. The van der Waals surface area contributed by atoms with Gasteiger partial charge in [0.15, 0.2) is 0 Å². The van der Waals surface area contributed by atoms with Crippen molar-refractivity contribution in [2.75, 3.05) is 25.1 Å². The molecule has 2 N–H and O–H groups in total. The highest BCUT2D eigenvalue weighted by Crippen LogP contribution is 2.25. The standard InChI is InChI=1S/C21H23FN4O2/c1-28-17-8-9-18-19(11-17)25-21(24-18)26-10-2-3-15(13-26)20(27)23-12-14-4-6-16(22)7-5-14/h4-9,11,15H,2-3,10,12-13H2,1H3,(H,23,27)(H,24,25). The highest BCUT2D eigenvalue weighted by Gasteiger charge is 2.27. The third-order valence-electron chi connectivity index (χ3n) is 5.15. The van der Waals surface area contributed by atoms with Crippen LogP contribution in [0.2, 0.25) is 0 Å². The number of hydrogen-bond acceptors (Lipinski definition) is 4. The van der Waals surface area contributed by atoms with Crippen molar-refractivity contribution in [3.8, 4) is 5.75 Å². The quantitative estimate of drug-likeness (QED) is 0.711. The summed E-state index contributed by atoms with van der Waals surface area (Å²) in [6.07, 6.45) is 1.77. The number of H-pyrrole nitrogens is 1. The van der Waals surface area contributed by atoms with Gasteiger partial charge in [0.1, 0.15) is 11.6 Å². The minimum atomic E-state index is -0.276. The van der Waals surface area contributed by atoms with Crippen LogP contribution in [0.3, 0.4) is 0 Å². The first-order chi connectivity index (χ1) is 13.6. The summed E-state index contributed by atoms with van der Waals surface area (Å²) in [6.45, 7) is 1.88. The minimum Gasteiger partial charge on any atom is -0.497 e. The maximum absolute atomic E-state index is 13.0. The van der Waals surface area contributed by atoms with Gasteiger partial charge < -0.3 is 19.9 Å². The van der Waals surface area contributed by atoms with Gasteiger partial charge in [-0.25, -0.2) is 9.37 Å². The van der Waals surface area contributed by atoms with Crippen molar-refractivity contribution in [2.45, 2.75) is 19.4 Å². The number of benzene rings is 2. The number of nitrogens with one attached hydrogen (secondary N) is 2. The van der Waals surface area contributed by atoms with E-state index in [1.54, 1.807) is 19.2 Å². The van der Waals surface area contributed by atoms with Crippen molar-refractivity contribution >= 4 is 22.9 Å². The highest BCUT2D eigenvalue weighted by molar-refractivity contribution is 5.81. The van der Waals surface area contributed by atoms with Crippen LogP contribution in [-0.4, -0.2) is 36.1 Å². The van der Waals surface area contributed by atoms with E-state index in [0.717, 1.165) is 47.7 Å². The Morgan fingerprint density at radius 1 is 1.32 bits per heavy atom. The summed E-state index contributed by atoms with van der Waals surface area (Å²) < 4.78 is 18.3. The molecule has 0 saturated carbocycles. The normalized spacial score (nSPS) is 16.9. The van der Waals surface area contributed by atoms with E-state index in [1.807, 2.05) is 18.2 Å². The van der Waals surface area contributed by atoms with E-state index in [4.69, 9.17) is 4.74 Å². The molecule has 28 heavy (non-hydrogen) atoms. The Bertz CT molecular complexity index is 970. The summed E-state index contributed by atoms with van der Waals surface area (Å²) in [7, 11) is 1.64. The summed E-state index contributed by atoms with van der Waals surface area (Å²) >= 11 is 0. The number of rotatable bonds is 5. The molecule has 1 amide bonds. The van der Waals surface area contributed by atoms with E-state index >= 15 is 0 Å². The van der Waals surface area contributed by atoms with Crippen molar-refractivity contribution in [2.24, 2.45) is 5.92 Å². The third kappa shape index (κ3) is 3.93. The summed E-state index contributed by atoms with van der Waals surface area (Å²) in [5.74, 6) is 1.20. The molecule has 0 bridgehead atoms. The largest absolute Gasteiger partial charge is 0.497 e. The molecule has 0 aliphatic carbocycles. The zero-order chi connectivity index (χ0) is 19.5. The van der Waals surface area contributed by atoms with Gasteiger partial charge in [-0.05, 0) is 42.7 Å². The number of aromatic amines is 1. The molecule has 4 rings (SSSR count). The molecular formula is C21H23FN4O2. The smallest absolute Gasteiger partial charge is 0.225 e. The molecule has 6 nitrogen and oxygen atoms in total. The number of imidazole rings is 1. The number of amides is 1. The number of aromatic nitrogens is 2. The predicted octanol–water partition coefficient (Wildman–Crippen LogP) is 3.24. The Balaban J connectivity index is 1.40. The van der Waals surface area contributed by atoms with Gasteiger partial charge in [0.25, 0.3) is 0 Å². The zero-order valence-corrected chi connectivity index (χ0v) is 15.7. The number of nitrogens with zero attached hydrogens (tertiary/aromatic N) is 2. The van der Waals surface area contributed by atoms with Gasteiger partial charge >= 0.3 is 0 Å². The molecule has 1 aromatic heterocycles. The molecule has 0 radical (unpaired) electrons. The molecule has 2 aromatic carbocycles. The molecule has 3 aromatic rings. The Morgan fingerprint density at radius 3 is 2.93 bits per heavy atom. The van der Waals surface area contributed by atoms with Crippen LogP contribution in [0.25, 0.3) is 11.0 Å². The first-order valence-corrected chi connectivity index (χ1v) is 9.43. The van der Waals surface area contributed by atoms with E-state index in [1.165, 1.54) is 12.1 Å². The predicted molar refractivity (Wildman–Crippen MR) is 106 cm³/mol. The lowest BCUT2D eigenvalue weighted by Crippen LogP contribution is -2.43. The van der Waals surface area contributed by atoms with Crippen LogP contribution >= 0.6 is 0 Å². The number of fused-ring (bicyclic) bond motifs is 1. The van der Waals surface area contributed by atoms with Crippen LogP contribution in [0.4, 0.5) is 10.3 Å². The van der Waals surface area contributed by atoms with Gasteiger partial charge in [0.05, 0.1) is 24.1 Å². The second kappa shape index (κ2) is 7.88. The Labute approximate surface area is 162 Å². The second-order valence-electron chi connectivity index (χ2n) is 7.07. The Hall–Kier alpha value is -3.09. The van der Waals surface area contributed by atoms with Crippen LogP contribution in [0.15, 0.2) is 42.5 Å². The van der Waals surface area contributed by atoms with Gasteiger partial charge in [-0.15, -0.1) is 0 Å². The van der Waals surface area contributed by atoms with Crippen LogP contribution < -0.4 is 15.0 Å². The molecule has 1 aliphatic rings. The number of piperidine rings is 1. The first-order valence-electron chi connectivity index (χ1n) is 9.43. The molecule has 146 valence electrons. The van der Waals surface area contributed by atoms with Gasteiger partial charge in [0, 0.05) is 25.7 Å². The molecule has 1 saturated heterocycles. The number of anilines is 1. The minimum absolute atomic E-state index is 0.0202. The SMILES string of the molecule is COc1ccc2nc(N3CCCC(C(=O)NCc4ccc(F)cc4)C3)[nH]c2c1. The fourth-order valence-electron chi connectivity index (χ4n) is 3.57. The van der Waals surface area contributed by atoms with E-state index in [-0.39, 0.29) is 17.6 Å². The summed E-state index contributed by atoms with van der Waals surface area (Å²) in [5.41, 5.74) is 2.67. The molecule has 1 aliphatic heterocycles. The van der Waals surface area contributed by atoms with Crippen molar-refractivity contribution < 1.29 is 13.9 Å². The first kappa shape index (κ1) is 18.3. The second-order valence-corrected chi connectivity index (χ2v) is 7.07. The van der Waals surface area contributed by atoms with Crippen molar-refractivity contribution in [3.05, 3.63) is 53.8 Å². The number of carbonyl (C=O) groups is 1. The topological polar surface area (TPSA) is 70.2 Å². The number of halogens is 1. The summed E-state index contributed by atoms with van der Waals surface area (Å²) in [4.78, 5) is 22.7. The number of ether oxygens (including phenoxy) is 1. The summed E-state index contributed by atoms with van der Waals surface area (Å²) in [5, 5.41) is 2.97. The van der Waals surface area contributed by atoms with Crippen LogP contribution in [0, 0.1) is 11.7 Å².